The Bertz CT molecular complexity index is 538. The third-order valence-electron chi connectivity index (χ3n) is 3.83. The molecule has 2 aromatic rings. The van der Waals surface area contributed by atoms with E-state index >= 15 is 0 Å². The van der Waals surface area contributed by atoms with Crippen LogP contribution in [0.3, 0.4) is 0 Å². The molecule has 0 aliphatic carbocycles. The van der Waals surface area contributed by atoms with Gasteiger partial charge in [0.05, 0.1) is 19.8 Å². The zero-order valence-electron chi connectivity index (χ0n) is 12.3. The average molecular weight is 303 g/mol. The van der Waals surface area contributed by atoms with Gasteiger partial charge in [-0.2, -0.15) is 11.3 Å². The zero-order valence-corrected chi connectivity index (χ0v) is 13.1. The summed E-state index contributed by atoms with van der Waals surface area (Å²) >= 11 is 1.77. The molecule has 1 aromatic carbocycles. The molecule has 0 bridgehead atoms. The number of rotatable bonds is 5. The van der Waals surface area contributed by atoms with E-state index in [0.29, 0.717) is 0 Å². The van der Waals surface area contributed by atoms with Crippen molar-refractivity contribution in [1.29, 1.82) is 0 Å². The molecule has 0 unspecified atom stereocenters. The number of hydrogen-bond acceptors (Lipinski definition) is 4. The zero-order chi connectivity index (χ0) is 14.5. The van der Waals surface area contributed by atoms with Crippen LogP contribution in [-0.2, 0) is 17.7 Å². The predicted molar refractivity (Wildman–Crippen MR) is 86.0 cm³/mol. The molecule has 0 radical (unpaired) electrons. The topological polar surface area (TPSA) is 21.7 Å². The summed E-state index contributed by atoms with van der Waals surface area (Å²) in [5, 5.41) is 4.37. The first-order chi connectivity index (χ1) is 10.3. The van der Waals surface area contributed by atoms with Crippen molar-refractivity contribution >= 4 is 11.3 Å². The van der Waals surface area contributed by atoms with E-state index in [4.69, 9.17) is 9.47 Å². The summed E-state index contributed by atoms with van der Waals surface area (Å²) in [7, 11) is 1.70. The van der Waals surface area contributed by atoms with Gasteiger partial charge in [-0.05, 0) is 46.5 Å². The van der Waals surface area contributed by atoms with E-state index in [-0.39, 0.29) is 6.10 Å². The van der Waals surface area contributed by atoms with E-state index in [1.54, 1.807) is 18.4 Å². The Morgan fingerprint density at radius 3 is 2.81 bits per heavy atom. The van der Waals surface area contributed by atoms with Crippen molar-refractivity contribution in [2.75, 3.05) is 26.8 Å². The molecule has 1 aromatic heterocycles. The first-order valence-electron chi connectivity index (χ1n) is 7.31. The molecule has 0 amide bonds. The van der Waals surface area contributed by atoms with Crippen molar-refractivity contribution in [3.05, 3.63) is 52.2 Å². The van der Waals surface area contributed by atoms with Crippen LogP contribution in [0, 0.1) is 0 Å². The second-order valence-corrected chi connectivity index (χ2v) is 6.19. The van der Waals surface area contributed by atoms with Crippen LogP contribution in [0.4, 0.5) is 0 Å². The van der Waals surface area contributed by atoms with Crippen molar-refractivity contribution in [2.45, 2.75) is 19.1 Å². The number of ether oxygens (including phenoxy) is 2. The molecule has 0 spiro atoms. The second kappa shape index (κ2) is 7.07. The maximum atomic E-state index is 5.92. The Balaban J connectivity index is 1.55. The monoisotopic (exact) mass is 303 g/mol. The van der Waals surface area contributed by atoms with Gasteiger partial charge in [-0.15, -0.1) is 0 Å². The van der Waals surface area contributed by atoms with E-state index in [2.05, 4.69) is 33.9 Å². The fourth-order valence-electron chi connectivity index (χ4n) is 2.71. The lowest BCUT2D eigenvalue weighted by Crippen LogP contribution is -2.42. The van der Waals surface area contributed by atoms with Gasteiger partial charge >= 0.3 is 0 Å². The highest BCUT2D eigenvalue weighted by molar-refractivity contribution is 7.07. The molecule has 1 aliphatic heterocycles. The molecule has 0 N–H and O–H groups in total. The largest absolute Gasteiger partial charge is 0.497 e. The van der Waals surface area contributed by atoms with Gasteiger partial charge in [0.2, 0.25) is 0 Å². The van der Waals surface area contributed by atoms with Crippen LogP contribution >= 0.6 is 11.3 Å². The lowest BCUT2D eigenvalue weighted by molar-refractivity contribution is -0.0304. The van der Waals surface area contributed by atoms with E-state index in [1.807, 2.05) is 12.1 Å². The van der Waals surface area contributed by atoms with Crippen molar-refractivity contribution in [3.63, 3.8) is 0 Å². The molecular formula is C17H21NO2S. The van der Waals surface area contributed by atoms with Gasteiger partial charge in [-0.3, -0.25) is 4.90 Å². The lowest BCUT2D eigenvalue weighted by atomic mass is 10.1. The molecule has 1 fully saturated rings. The maximum Gasteiger partial charge on any atom is 0.118 e. The predicted octanol–water partition coefficient (Wildman–Crippen LogP) is 3.20. The first kappa shape index (κ1) is 14.6. The summed E-state index contributed by atoms with van der Waals surface area (Å²) < 4.78 is 11.1. The van der Waals surface area contributed by atoms with Crippen molar-refractivity contribution in [1.82, 2.24) is 4.90 Å². The fourth-order valence-corrected chi connectivity index (χ4v) is 3.37. The number of benzene rings is 1. The summed E-state index contributed by atoms with van der Waals surface area (Å²) in [6, 6.07) is 10.5. The number of nitrogens with zero attached hydrogens (tertiary/aromatic N) is 1. The molecule has 2 heterocycles. The molecule has 4 heteroatoms. The average Bonchev–Trinajstić information content (AvgIpc) is 3.01. The van der Waals surface area contributed by atoms with Crippen LogP contribution in [0.25, 0.3) is 0 Å². The molecule has 21 heavy (non-hydrogen) atoms. The highest BCUT2D eigenvalue weighted by atomic mass is 32.1. The van der Waals surface area contributed by atoms with E-state index in [9.17, 15) is 0 Å². The minimum absolute atomic E-state index is 0.283. The molecule has 1 saturated heterocycles. The Labute approximate surface area is 130 Å². The van der Waals surface area contributed by atoms with Crippen LogP contribution in [-0.4, -0.2) is 37.8 Å². The second-order valence-electron chi connectivity index (χ2n) is 5.41. The number of thiophene rings is 1. The third kappa shape index (κ3) is 4.06. The molecule has 112 valence electrons. The third-order valence-corrected chi connectivity index (χ3v) is 4.56. The first-order valence-corrected chi connectivity index (χ1v) is 8.26. The molecule has 0 saturated carbocycles. The van der Waals surface area contributed by atoms with E-state index < -0.39 is 0 Å². The van der Waals surface area contributed by atoms with Crippen LogP contribution in [0.5, 0.6) is 5.75 Å². The molecule has 3 nitrogen and oxygen atoms in total. The number of hydrogen-bond donors (Lipinski definition) is 0. The smallest absolute Gasteiger partial charge is 0.118 e. The Morgan fingerprint density at radius 2 is 2.10 bits per heavy atom. The highest BCUT2D eigenvalue weighted by Gasteiger charge is 2.20. The van der Waals surface area contributed by atoms with Gasteiger partial charge in [0.25, 0.3) is 0 Å². The lowest BCUT2D eigenvalue weighted by Gasteiger charge is -2.32. The van der Waals surface area contributed by atoms with Crippen LogP contribution < -0.4 is 4.74 Å². The summed E-state index contributed by atoms with van der Waals surface area (Å²) in [6.07, 6.45) is 1.25. The highest BCUT2D eigenvalue weighted by Crippen LogP contribution is 2.17. The van der Waals surface area contributed by atoms with Gasteiger partial charge in [0.15, 0.2) is 0 Å². The van der Waals surface area contributed by atoms with Crippen LogP contribution in [0.2, 0.25) is 0 Å². The Kier molecular flexibility index (Phi) is 4.91. The normalized spacial score (nSPS) is 19.6. The van der Waals surface area contributed by atoms with Gasteiger partial charge < -0.3 is 9.47 Å². The van der Waals surface area contributed by atoms with Gasteiger partial charge in [-0.25, -0.2) is 0 Å². The summed E-state index contributed by atoms with van der Waals surface area (Å²) in [6.45, 7) is 3.88. The molecule has 1 aliphatic rings. The van der Waals surface area contributed by atoms with Crippen molar-refractivity contribution in [2.24, 2.45) is 0 Å². The maximum absolute atomic E-state index is 5.92. The van der Waals surface area contributed by atoms with Crippen LogP contribution in [0.1, 0.15) is 11.1 Å². The van der Waals surface area contributed by atoms with Crippen molar-refractivity contribution < 1.29 is 9.47 Å². The van der Waals surface area contributed by atoms with Gasteiger partial charge in [0.1, 0.15) is 5.75 Å². The Morgan fingerprint density at radius 1 is 1.24 bits per heavy atom. The number of morpholine rings is 1. The van der Waals surface area contributed by atoms with Gasteiger partial charge in [0, 0.05) is 19.6 Å². The SMILES string of the molecule is COc1ccc(C[C@H]2CN(Cc3ccsc3)CCO2)cc1. The summed E-state index contributed by atoms with van der Waals surface area (Å²) in [4.78, 5) is 2.49. The molecule has 1 atom stereocenters. The van der Waals surface area contributed by atoms with E-state index in [1.165, 1.54) is 11.1 Å². The Hall–Kier alpha value is -1.36. The van der Waals surface area contributed by atoms with E-state index in [0.717, 1.165) is 38.4 Å². The quantitative estimate of drug-likeness (QED) is 0.846. The minimum atomic E-state index is 0.283. The van der Waals surface area contributed by atoms with Crippen LogP contribution in [0.15, 0.2) is 41.1 Å². The minimum Gasteiger partial charge on any atom is -0.497 e. The number of methoxy groups -OCH3 is 1. The fraction of sp³-hybridized carbons (Fsp3) is 0.412. The summed E-state index contributed by atoms with van der Waals surface area (Å²) in [5.41, 5.74) is 2.71. The molecule has 3 rings (SSSR count). The molecular weight excluding hydrogens is 282 g/mol. The van der Waals surface area contributed by atoms with Crippen molar-refractivity contribution in [3.8, 4) is 5.75 Å². The standard InChI is InChI=1S/C17H21NO2S/c1-19-16-4-2-14(3-5-16)10-17-12-18(7-8-20-17)11-15-6-9-21-13-15/h2-6,9,13,17H,7-8,10-12H2,1H3/t17-/m0/s1. The van der Waals surface area contributed by atoms with Gasteiger partial charge in [-0.1, -0.05) is 12.1 Å². The summed E-state index contributed by atoms with van der Waals surface area (Å²) in [5.74, 6) is 0.905.